The summed E-state index contributed by atoms with van der Waals surface area (Å²) in [4.78, 5) is 4.63. The predicted octanol–water partition coefficient (Wildman–Crippen LogP) is 3.91. The van der Waals surface area contributed by atoms with Crippen LogP contribution in [-0.2, 0) is 12.1 Å². The molecule has 1 saturated carbocycles. The van der Waals surface area contributed by atoms with Crippen molar-refractivity contribution >= 4 is 0 Å². The van der Waals surface area contributed by atoms with Crippen molar-refractivity contribution in [3.8, 4) is 5.75 Å². The van der Waals surface area contributed by atoms with E-state index in [1.807, 2.05) is 60.7 Å². The van der Waals surface area contributed by atoms with Crippen LogP contribution in [0.25, 0.3) is 0 Å². The summed E-state index contributed by atoms with van der Waals surface area (Å²) in [5.41, 5.74) is -0.766. The third-order valence-electron chi connectivity index (χ3n) is 6.41. The second-order valence-corrected chi connectivity index (χ2v) is 9.43. The number of rotatable bonds is 10. The van der Waals surface area contributed by atoms with Crippen LogP contribution in [0.3, 0.4) is 0 Å². The molecule has 1 fully saturated rings. The molecular weight excluding hydrogens is 402 g/mol. The molecule has 1 aliphatic rings. The lowest BCUT2D eigenvalue weighted by atomic mass is 9.80. The minimum absolute atomic E-state index is 0.0177. The first-order chi connectivity index (χ1) is 15.5. The van der Waals surface area contributed by atoms with Gasteiger partial charge in [0.05, 0.1) is 27.2 Å². The Balaban J connectivity index is 1.41. The van der Waals surface area contributed by atoms with E-state index >= 15 is 0 Å². The molecule has 32 heavy (non-hydrogen) atoms. The van der Waals surface area contributed by atoms with Gasteiger partial charge in [0.25, 0.3) is 0 Å². The summed E-state index contributed by atoms with van der Waals surface area (Å²) in [6.45, 7) is 2.16. The van der Waals surface area contributed by atoms with Crippen LogP contribution < -0.4 is 9.84 Å². The van der Waals surface area contributed by atoms with Crippen LogP contribution in [0.1, 0.15) is 49.4 Å². The van der Waals surface area contributed by atoms with Crippen LogP contribution in [-0.4, -0.2) is 41.9 Å². The first kappa shape index (κ1) is 22.5. The molecule has 0 amide bonds. The average Bonchev–Trinajstić information content (AvgIpc) is 3.50. The normalized spacial score (nSPS) is 16.7. The third-order valence-corrected chi connectivity index (χ3v) is 6.41. The molecule has 170 valence electrons. The fourth-order valence-electron chi connectivity index (χ4n) is 4.68. The molecule has 1 unspecified atom stereocenters. The summed E-state index contributed by atoms with van der Waals surface area (Å²) in [7, 11) is 4.27. The van der Waals surface area contributed by atoms with Crippen LogP contribution in [0.4, 0.5) is 0 Å². The van der Waals surface area contributed by atoms with E-state index < -0.39 is 5.60 Å². The van der Waals surface area contributed by atoms with Crippen molar-refractivity contribution in [3.63, 3.8) is 0 Å². The van der Waals surface area contributed by atoms with Gasteiger partial charge in [0.15, 0.2) is 0 Å². The molecule has 1 aromatic heterocycles. The lowest BCUT2D eigenvalue weighted by Crippen LogP contribution is -2.48. The average molecular weight is 436 g/mol. The fourth-order valence-corrected chi connectivity index (χ4v) is 4.68. The maximum absolute atomic E-state index is 14.2. The molecule has 0 aliphatic heterocycles. The number of benzene rings is 2. The Morgan fingerprint density at radius 2 is 1.69 bits per heavy atom. The zero-order valence-electron chi connectivity index (χ0n) is 19.1. The van der Waals surface area contributed by atoms with Gasteiger partial charge >= 0.3 is 0 Å². The summed E-state index contributed by atoms with van der Waals surface area (Å²) in [5, 5.41) is 18.4. The molecule has 0 radical (unpaired) electrons. The van der Waals surface area contributed by atoms with E-state index in [4.69, 9.17) is 9.26 Å². The van der Waals surface area contributed by atoms with Gasteiger partial charge in [-0.05, 0) is 29.2 Å². The molecule has 1 heterocycles. The van der Waals surface area contributed by atoms with Gasteiger partial charge in [0.2, 0.25) is 11.7 Å². The highest BCUT2D eigenvalue weighted by atomic mass is 16.5. The Morgan fingerprint density at radius 3 is 2.38 bits per heavy atom. The SMILES string of the molecule is C[N+](C)(CCCOc1ccccc1)Cc1noc(C([O-])(c2ccccc2)C2CCCC2)n1. The quantitative estimate of drug-likeness (QED) is 0.357. The molecular formula is C26H33N3O3. The lowest BCUT2D eigenvalue weighted by molar-refractivity contribution is -0.904. The smallest absolute Gasteiger partial charge is 0.226 e. The molecule has 0 spiro atoms. The van der Waals surface area contributed by atoms with Crippen molar-refractivity contribution < 1.29 is 18.8 Å². The second kappa shape index (κ2) is 9.84. The first-order valence-corrected chi connectivity index (χ1v) is 11.6. The largest absolute Gasteiger partial charge is 0.839 e. The standard InChI is InChI=1S/C26H33N3O3/c1-29(2,18-11-19-31-23-16-7-4-8-17-23)20-24-27-25(32-28-24)26(30,22-14-9-10-15-22)21-12-5-3-6-13-21/h3-8,12-13,16-17,22H,9-11,14-15,18-20H2,1-2H3. The van der Waals surface area contributed by atoms with Gasteiger partial charge in [-0.1, -0.05) is 79.4 Å². The van der Waals surface area contributed by atoms with Crippen LogP contribution in [0.2, 0.25) is 0 Å². The van der Waals surface area contributed by atoms with E-state index in [2.05, 4.69) is 24.2 Å². The van der Waals surface area contributed by atoms with E-state index in [1.54, 1.807) is 0 Å². The Morgan fingerprint density at radius 1 is 1.03 bits per heavy atom. The summed E-state index contributed by atoms with van der Waals surface area (Å²) in [6, 6.07) is 19.4. The Hall–Kier alpha value is -2.70. The highest BCUT2D eigenvalue weighted by molar-refractivity contribution is 5.29. The minimum Gasteiger partial charge on any atom is -0.839 e. The van der Waals surface area contributed by atoms with E-state index in [9.17, 15) is 5.11 Å². The topological polar surface area (TPSA) is 71.2 Å². The number of ether oxygens (including phenoxy) is 1. The highest BCUT2D eigenvalue weighted by Gasteiger charge is 2.38. The van der Waals surface area contributed by atoms with E-state index in [0.29, 0.717) is 29.0 Å². The van der Waals surface area contributed by atoms with E-state index in [0.717, 1.165) is 44.4 Å². The molecule has 4 rings (SSSR count). The van der Waals surface area contributed by atoms with Crippen LogP contribution in [0, 0.1) is 5.92 Å². The van der Waals surface area contributed by atoms with Gasteiger partial charge in [-0.25, -0.2) is 0 Å². The van der Waals surface area contributed by atoms with Crippen molar-refractivity contribution in [2.24, 2.45) is 5.92 Å². The molecule has 6 nitrogen and oxygen atoms in total. The molecule has 1 atom stereocenters. The highest BCUT2D eigenvalue weighted by Crippen LogP contribution is 2.42. The third kappa shape index (κ3) is 5.19. The minimum atomic E-state index is -1.48. The monoisotopic (exact) mass is 435 g/mol. The number of quaternary nitrogens is 1. The number of para-hydroxylation sites is 1. The zero-order valence-corrected chi connectivity index (χ0v) is 19.1. The van der Waals surface area contributed by atoms with Gasteiger partial charge in [0, 0.05) is 6.42 Å². The molecule has 6 heteroatoms. The summed E-state index contributed by atoms with van der Waals surface area (Å²) in [5.74, 6) is 1.66. The van der Waals surface area contributed by atoms with Gasteiger partial charge < -0.3 is 18.8 Å². The Bertz CT molecular complexity index is 968. The van der Waals surface area contributed by atoms with Crippen molar-refractivity contribution in [1.29, 1.82) is 0 Å². The van der Waals surface area contributed by atoms with Gasteiger partial charge in [-0.15, -0.1) is 0 Å². The number of hydrogen-bond donors (Lipinski definition) is 0. The fraction of sp³-hybridized carbons (Fsp3) is 0.462. The molecule has 0 saturated heterocycles. The molecule has 3 aromatic rings. The molecule has 1 aliphatic carbocycles. The van der Waals surface area contributed by atoms with Crippen LogP contribution >= 0.6 is 0 Å². The van der Waals surface area contributed by atoms with Gasteiger partial charge in [0.1, 0.15) is 12.3 Å². The van der Waals surface area contributed by atoms with Crippen molar-refractivity contribution in [2.45, 2.75) is 44.2 Å². The molecule has 0 N–H and O–H groups in total. The van der Waals surface area contributed by atoms with Crippen molar-refractivity contribution in [3.05, 3.63) is 77.9 Å². The summed E-state index contributed by atoms with van der Waals surface area (Å²) in [6.07, 6.45) is 4.87. The summed E-state index contributed by atoms with van der Waals surface area (Å²) >= 11 is 0. The zero-order chi connectivity index (χ0) is 22.4. The predicted molar refractivity (Wildman–Crippen MR) is 121 cm³/mol. The van der Waals surface area contributed by atoms with E-state index in [1.165, 1.54) is 0 Å². The van der Waals surface area contributed by atoms with Crippen molar-refractivity contribution in [2.75, 3.05) is 27.2 Å². The maximum atomic E-state index is 14.2. The Kier molecular flexibility index (Phi) is 6.92. The molecule has 0 bridgehead atoms. The Labute approximate surface area is 190 Å². The van der Waals surface area contributed by atoms with Gasteiger partial charge in [-0.2, -0.15) is 4.98 Å². The van der Waals surface area contributed by atoms with Gasteiger partial charge in [-0.3, -0.25) is 0 Å². The number of hydrogen-bond acceptors (Lipinski definition) is 5. The van der Waals surface area contributed by atoms with E-state index in [-0.39, 0.29) is 11.8 Å². The number of aromatic nitrogens is 2. The first-order valence-electron chi connectivity index (χ1n) is 11.6. The number of nitrogens with zero attached hydrogens (tertiary/aromatic N) is 3. The lowest BCUT2D eigenvalue weighted by Gasteiger charge is -2.43. The van der Waals surface area contributed by atoms with Crippen molar-refractivity contribution in [1.82, 2.24) is 10.1 Å². The van der Waals surface area contributed by atoms with Crippen LogP contribution in [0.15, 0.2) is 65.2 Å². The molecule has 2 aromatic carbocycles. The van der Waals surface area contributed by atoms with Crippen LogP contribution in [0.5, 0.6) is 5.75 Å². The summed E-state index contributed by atoms with van der Waals surface area (Å²) < 4.78 is 12.1. The second-order valence-electron chi connectivity index (χ2n) is 9.43. The maximum Gasteiger partial charge on any atom is 0.226 e.